The van der Waals surface area contributed by atoms with Crippen molar-refractivity contribution in [2.75, 3.05) is 0 Å². The van der Waals surface area contributed by atoms with Gasteiger partial charge in [-0.15, -0.1) is 53.6 Å². The molecule has 0 fully saturated rings. The number of aromatic nitrogens is 2. The molecule has 0 amide bonds. The predicted octanol–water partition coefficient (Wildman–Crippen LogP) is 10.9. The van der Waals surface area contributed by atoms with Gasteiger partial charge >= 0.3 is 0 Å². The first-order chi connectivity index (χ1) is 23.3. The first-order valence-electron chi connectivity index (χ1n) is 17.2. The van der Waals surface area contributed by atoms with E-state index in [1.807, 2.05) is 30.6 Å². The maximum absolute atomic E-state index is 7.35. The molecule has 47 heavy (non-hydrogen) atoms. The molecule has 0 spiro atoms. The Balaban J connectivity index is 0.000000204. The van der Waals surface area contributed by atoms with Crippen molar-refractivity contribution in [1.29, 1.82) is 0 Å². The largest absolute Gasteiger partial charge is 0.501 e. The molecule has 5 heteroatoms. The zero-order chi connectivity index (χ0) is 34.9. The minimum Gasteiger partial charge on any atom is -0.501 e. The Kier molecular flexibility index (Phi) is 9.19. The first-order valence-corrected chi connectivity index (χ1v) is 19.2. The van der Waals surface area contributed by atoms with Gasteiger partial charge in [0, 0.05) is 42.0 Å². The van der Waals surface area contributed by atoms with Crippen LogP contribution in [0.25, 0.3) is 55.6 Å². The normalized spacial score (nSPS) is 12.5. The Morgan fingerprint density at radius 1 is 0.787 bits per heavy atom. The average molecular weight is 812 g/mol. The van der Waals surface area contributed by atoms with Crippen LogP contribution in [0.1, 0.15) is 40.6 Å². The van der Waals surface area contributed by atoms with Crippen LogP contribution < -0.4 is 5.19 Å². The molecule has 0 atom stereocenters. The second-order valence-corrected chi connectivity index (χ2v) is 18.1. The van der Waals surface area contributed by atoms with Crippen LogP contribution >= 0.6 is 0 Å². The summed E-state index contributed by atoms with van der Waals surface area (Å²) in [5.74, 6) is 0.444. The van der Waals surface area contributed by atoms with Crippen LogP contribution in [0.15, 0.2) is 114 Å². The van der Waals surface area contributed by atoms with Gasteiger partial charge in [-0.25, -0.2) is 0 Å². The van der Waals surface area contributed by atoms with E-state index < -0.39 is 14.9 Å². The van der Waals surface area contributed by atoms with Gasteiger partial charge in [-0.05, 0) is 57.7 Å². The molecule has 3 nitrogen and oxygen atoms in total. The molecule has 0 aliphatic rings. The Morgan fingerprint density at radius 3 is 2.23 bits per heavy atom. The fourth-order valence-corrected chi connectivity index (χ4v) is 6.66. The van der Waals surface area contributed by atoms with Crippen LogP contribution in [0.5, 0.6) is 0 Å². The SMILES string of the molecule is Cc1cnc(-c2[c-]ccc3c2oc2cc(-c4ccccc4)ccc23)cc1C(C)C.[2H]C([2H])([2H])c1c[c-]c(-c2ccc([Si](C)(C)C)cn2)cc1.[Ir]. The van der Waals surface area contributed by atoms with E-state index in [2.05, 4.69) is 123 Å². The van der Waals surface area contributed by atoms with Gasteiger partial charge in [-0.1, -0.05) is 112 Å². The fraction of sp³-hybridized carbons (Fsp3) is 0.190. The van der Waals surface area contributed by atoms with Gasteiger partial charge in [0.2, 0.25) is 0 Å². The number of hydrogen-bond donors (Lipinski definition) is 0. The van der Waals surface area contributed by atoms with E-state index in [0.717, 1.165) is 50.0 Å². The third-order valence-corrected chi connectivity index (χ3v) is 10.3. The second-order valence-electron chi connectivity index (χ2n) is 13.0. The zero-order valence-electron chi connectivity index (χ0n) is 30.6. The average Bonchev–Trinajstić information content (AvgIpc) is 3.47. The van der Waals surface area contributed by atoms with E-state index in [1.165, 1.54) is 27.9 Å². The summed E-state index contributed by atoms with van der Waals surface area (Å²) in [4.78, 5) is 9.16. The van der Waals surface area contributed by atoms with Crippen molar-refractivity contribution in [3.63, 3.8) is 0 Å². The molecule has 7 rings (SSSR count). The molecule has 1 radical (unpaired) electrons. The summed E-state index contributed by atoms with van der Waals surface area (Å²) in [6.45, 7) is 11.3. The predicted molar refractivity (Wildman–Crippen MR) is 196 cm³/mol. The molecule has 0 aliphatic carbocycles. The van der Waals surface area contributed by atoms with Crippen molar-refractivity contribution in [2.24, 2.45) is 0 Å². The summed E-state index contributed by atoms with van der Waals surface area (Å²) in [5, 5.41) is 3.52. The van der Waals surface area contributed by atoms with E-state index in [4.69, 9.17) is 8.53 Å². The molecule has 0 bridgehead atoms. The number of nitrogens with zero attached hydrogens (tertiary/aromatic N) is 2. The van der Waals surface area contributed by atoms with Gasteiger partial charge in [-0.2, -0.15) is 0 Å². The van der Waals surface area contributed by atoms with Gasteiger partial charge in [0.05, 0.1) is 13.7 Å². The van der Waals surface area contributed by atoms with Gasteiger partial charge in [0.25, 0.3) is 0 Å². The molecular weight excluding hydrogens is 769 g/mol. The van der Waals surface area contributed by atoms with Crippen LogP contribution in [0.2, 0.25) is 19.6 Å². The van der Waals surface area contributed by atoms with Gasteiger partial charge in [-0.3, -0.25) is 0 Å². The summed E-state index contributed by atoms with van der Waals surface area (Å²) in [6.07, 6.45) is 3.88. The summed E-state index contributed by atoms with van der Waals surface area (Å²) in [6, 6.07) is 38.4. The van der Waals surface area contributed by atoms with Crippen LogP contribution in [0, 0.1) is 25.9 Å². The van der Waals surface area contributed by atoms with E-state index >= 15 is 0 Å². The first kappa shape index (κ1) is 30.2. The summed E-state index contributed by atoms with van der Waals surface area (Å²) >= 11 is 0. The Labute approximate surface area is 297 Å². The van der Waals surface area contributed by atoms with Crippen LogP contribution in [-0.2, 0) is 20.1 Å². The molecule has 0 N–H and O–H groups in total. The van der Waals surface area contributed by atoms with E-state index in [1.54, 1.807) is 12.1 Å². The van der Waals surface area contributed by atoms with Gasteiger partial charge in [0.1, 0.15) is 5.58 Å². The monoisotopic (exact) mass is 812 g/mol. The van der Waals surface area contributed by atoms with E-state index in [-0.39, 0.29) is 20.1 Å². The quantitative estimate of drug-likeness (QED) is 0.128. The smallest absolute Gasteiger partial charge is 0.121 e. The van der Waals surface area contributed by atoms with E-state index in [9.17, 15) is 0 Å². The van der Waals surface area contributed by atoms with Crippen molar-refractivity contribution >= 4 is 35.2 Å². The number of pyridine rings is 2. The number of hydrogen-bond acceptors (Lipinski definition) is 3. The fourth-order valence-electron chi connectivity index (χ4n) is 5.62. The Morgan fingerprint density at radius 2 is 1.57 bits per heavy atom. The molecular formula is C42H40IrN2OSi-2. The van der Waals surface area contributed by atoms with Crippen LogP contribution in [0.4, 0.5) is 0 Å². The maximum Gasteiger partial charge on any atom is 0.121 e. The standard InChI is InChI=1S/C27H22NO.C15H18NSi.Ir/c1-17(2)24-15-25(28-16-18(24)3)23-11-7-10-22-21-13-12-20(14-26(21)29-27(22)23)19-8-5-4-6-9-19;1-12-5-7-13(8-6-12)15-10-9-14(11-16-15)17(2,3)4;/h4-10,12-17H,1-3H3;5-7,9-11H,1-4H3;/q2*-1;/i;1D3;. The number of furan rings is 1. The molecule has 0 saturated heterocycles. The maximum atomic E-state index is 7.35. The third-order valence-electron chi connectivity index (χ3n) is 8.28. The zero-order valence-corrected chi connectivity index (χ0v) is 31.0. The molecule has 3 heterocycles. The van der Waals surface area contributed by atoms with Crippen molar-refractivity contribution in [2.45, 2.75) is 53.2 Å². The van der Waals surface area contributed by atoms with E-state index in [0.29, 0.717) is 11.5 Å². The Hall–Kier alpha value is -4.15. The van der Waals surface area contributed by atoms with Gasteiger partial charge in [0.15, 0.2) is 0 Å². The van der Waals surface area contributed by atoms with Gasteiger partial charge < -0.3 is 14.4 Å². The number of aryl methyl sites for hydroxylation is 2. The minimum absolute atomic E-state index is 0. The summed E-state index contributed by atoms with van der Waals surface area (Å²) in [5.41, 5.74) is 10.4. The molecule has 239 valence electrons. The Bertz CT molecular complexity index is 2170. The van der Waals surface area contributed by atoms with Crippen LogP contribution in [-0.4, -0.2) is 18.0 Å². The van der Waals surface area contributed by atoms with Crippen molar-refractivity contribution in [3.8, 4) is 33.6 Å². The molecule has 3 aromatic heterocycles. The number of rotatable bonds is 5. The third kappa shape index (κ3) is 7.54. The number of benzene rings is 4. The summed E-state index contributed by atoms with van der Waals surface area (Å²) in [7, 11) is -1.34. The molecule has 0 saturated carbocycles. The summed E-state index contributed by atoms with van der Waals surface area (Å²) < 4.78 is 28.4. The topological polar surface area (TPSA) is 38.9 Å². The molecule has 0 unspecified atom stereocenters. The van der Waals surface area contributed by atoms with Crippen molar-refractivity contribution in [3.05, 3.63) is 138 Å². The van der Waals surface area contributed by atoms with Crippen LogP contribution in [0.3, 0.4) is 0 Å². The number of fused-ring (bicyclic) bond motifs is 3. The van der Waals surface area contributed by atoms with Crippen molar-refractivity contribution in [1.82, 2.24) is 9.97 Å². The van der Waals surface area contributed by atoms with Crippen molar-refractivity contribution < 1.29 is 28.6 Å². The molecule has 0 aliphatic heterocycles. The molecule has 4 aromatic carbocycles. The molecule has 7 aromatic rings. The minimum atomic E-state index is -2.08. The second kappa shape index (κ2) is 14.3.